The fourth-order valence-electron chi connectivity index (χ4n) is 2.64. The lowest BCUT2D eigenvalue weighted by Crippen LogP contribution is -2.16. The minimum absolute atomic E-state index is 0.0692. The van der Waals surface area contributed by atoms with Gasteiger partial charge in [0, 0.05) is 10.2 Å². The van der Waals surface area contributed by atoms with Crippen molar-refractivity contribution >= 4 is 54.3 Å². The molecule has 146 valence electrons. The van der Waals surface area contributed by atoms with E-state index >= 15 is 0 Å². The van der Waals surface area contributed by atoms with E-state index in [0.717, 1.165) is 4.47 Å². The zero-order valence-corrected chi connectivity index (χ0v) is 17.3. The SMILES string of the molecule is O=S(=O)(Nc1nc2ccccc2nc1Nc1ccc(O)cc1)c1ccc(Br)cc1. The molecule has 9 heteroatoms. The number of hydrogen-bond acceptors (Lipinski definition) is 6. The molecule has 0 radical (unpaired) electrons. The van der Waals surface area contributed by atoms with Crippen LogP contribution in [0.4, 0.5) is 17.3 Å². The van der Waals surface area contributed by atoms with Crippen LogP contribution in [0.5, 0.6) is 5.75 Å². The molecule has 1 aromatic heterocycles. The maximum absolute atomic E-state index is 12.8. The molecule has 0 unspecified atom stereocenters. The average molecular weight is 471 g/mol. The van der Waals surface area contributed by atoms with E-state index in [0.29, 0.717) is 16.7 Å². The van der Waals surface area contributed by atoms with Gasteiger partial charge in [0.1, 0.15) is 5.75 Å². The summed E-state index contributed by atoms with van der Waals surface area (Å²) in [7, 11) is -3.87. The maximum Gasteiger partial charge on any atom is 0.263 e. The predicted octanol–water partition coefficient (Wildman–Crippen LogP) is 4.64. The second-order valence-corrected chi connectivity index (χ2v) is 8.74. The number of phenolic OH excluding ortho intramolecular Hbond substituents is 1. The number of para-hydroxylation sites is 2. The van der Waals surface area contributed by atoms with Crippen LogP contribution in [0.1, 0.15) is 0 Å². The molecule has 29 heavy (non-hydrogen) atoms. The molecule has 0 aliphatic carbocycles. The lowest BCUT2D eigenvalue weighted by atomic mass is 10.3. The molecule has 0 saturated heterocycles. The minimum atomic E-state index is -3.87. The van der Waals surface area contributed by atoms with Gasteiger partial charge in [0.2, 0.25) is 0 Å². The number of aromatic hydroxyl groups is 1. The number of phenols is 1. The van der Waals surface area contributed by atoms with E-state index < -0.39 is 10.0 Å². The Balaban J connectivity index is 1.77. The normalized spacial score (nSPS) is 11.3. The standard InChI is InChI=1S/C20H15BrN4O3S/c21-13-5-11-16(12-6-13)29(27,28)25-20-19(22-14-7-9-15(26)10-8-14)23-17-3-1-2-4-18(17)24-20/h1-12,26H,(H,22,23)(H,24,25). The largest absolute Gasteiger partial charge is 0.508 e. The number of halogens is 1. The molecule has 1 heterocycles. The Kier molecular flexibility index (Phi) is 5.08. The summed E-state index contributed by atoms with van der Waals surface area (Å²) in [6, 6.07) is 19.8. The monoisotopic (exact) mass is 470 g/mol. The van der Waals surface area contributed by atoms with Gasteiger partial charge >= 0.3 is 0 Å². The van der Waals surface area contributed by atoms with Crippen molar-refractivity contribution in [3.63, 3.8) is 0 Å². The van der Waals surface area contributed by atoms with Gasteiger partial charge in [-0.25, -0.2) is 18.4 Å². The predicted molar refractivity (Wildman–Crippen MR) is 116 cm³/mol. The number of fused-ring (bicyclic) bond motifs is 1. The van der Waals surface area contributed by atoms with Gasteiger partial charge in [0.25, 0.3) is 10.0 Å². The van der Waals surface area contributed by atoms with Crippen molar-refractivity contribution < 1.29 is 13.5 Å². The Morgan fingerprint density at radius 3 is 2.00 bits per heavy atom. The lowest BCUT2D eigenvalue weighted by molar-refractivity contribution is 0.475. The first-order valence-electron chi connectivity index (χ1n) is 8.52. The molecule has 0 fully saturated rings. The van der Waals surface area contributed by atoms with Crippen molar-refractivity contribution in [2.24, 2.45) is 0 Å². The molecule has 0 saturated carbocycles. The van der Waals surface area contributed by atoms with E-state index in [1.165, 1.54) is 24.3 Å². The number of nitrogens with one attached hydrogen (secondary N) is 2. The number of nitrogens with zero attached hydrogens (tertiary/aromatic N) is 2. The number of rotatable bonds is 5. The first-order chi connectivity index (χ1) is 13.9. The van der Waals surface area contributed by atoms with E-state index in [4.69, 9.17) is 0 Å². The fraction of sp³-hybridized carbons (Fsp3) is 0. The number of anilines is 3. The molecule has 0 atom stereocenters. The summed E-state index contributed by atoms with van der Waals surface area (Å²) in [5, 5.41) is 12.5. The highest BCUT2D eigenvalue weighted by molar-refractivity contribution is 9.10. The summed E-state index contributed by atoms with van der Waals surface area (Å²) < 4.78 is 29.0. The Bertz CT molecular complexity index is 1280. The molecule has 4 aromatic rings. The zero-order valence-electron chi connectivity index (χ0n) is 14.9. The van der Waals surface area contributed by atoms with Gasteiger partial charge in [0.05, 0.1) is 15.9 Å². The third-order valence-corrected chi connectivity index (χ3v) is 5.94. The highest BCUT2D eigenvalue weighted by Crippen LogP contribution is 2.28. The molecule has 7 nitrogen and oxygen atoms in total. The Hall–Kier alpha value is -3.17. The van der Waals surface area contributed by atoms with Gasteiger partial charge in [-0.1, -0.05) is 28.1 Å². The number of sulfonamides is 1. The van der Waals surface area contributed by atoms with Crippen LogP contribution >= 0.6 is 15.9 Å². The molecule has 0 spiro atoms. The highest BCUT2D eigenvalue weighted by Gasteiger charge is 2.19. The Morgan fingerprint density at radius 1 is 0.793 bits per heavy atom. The molecule has 3 aromatic carbocycles. The van der Waals surface area contributed by atoms with E-state index in [-0.39, 0.29) is 22.3 Å². The van der Waals surface area contributed by atoms with Crippen molar-refractivity contribution in [3.8, 4) is 5.75 Å². The summed E-state index contributed by atoms with van der Waals surface area (Å²) >= 11 is 3.29. The van der Waals surface area contributed by atoms with Gasteiger partial charge in [-0.2, -0.15) is 0 Å². The Morgan fingerprint density at radius 2 is 1.38 bits per heavy atom. The summed E-state index contributed by atoms with van der Waals surface area (Å²) in [6.45, 7) is 0. The second kappa shape index (κ2) is 7.69. The van der Waals surface area contributed by atoms with Crippen LogP contribution in [0, 0.1) is 0 Å². The number of benzene rings is 3. The maximum atomic E-state index is 12.8. The highest BCUT2D eigenvalue weighted by atomic mass is 79.9. The third kappa shape index (κ3) is 4.30. The van der Waals surface area contributed by atoms with Crippen molar-refractivity contribution in [3.05, 3.63) is 77.3 Å². The van der Waals surface area contributed by atoms with E-state index in [9.17, 15) is 13.5 Å². The number of hydrogen-bond donors (Lipinski definition) is 3. The third-order valence-electron chi connectivity index (χ3n) is 4.06. The molecule has 0 aliphatic rings. The van der Waals surface area contributed by atoms with Crippen LogP contribution in [0.15, 0.2) is 82.2 Å². The van der Waals surface area contributed by atoms with Crippen molar-refractivity contribution in [1.82, 2.24) is 9.97 Å². The quantitative estimate of drug-likeness (QED) is 0.367. The van der Waals surface area contributed by atoms with Crippen LogP contribution < -0.4 is 10.0 Å². The summed E-state index contributed by atoms with van der Waals surface area (Å²) in [6.07, 6.45) is 0. The fourth-order valence-corrected chi connectivity index (χ4v) is 3.91. The summed E-state index contributed by atoms with van der Waals surface area (Å²) in [4.78, 5) is 9.06. The Labute approximate surface area is 175 Å². The molecule has 0 bridgehead atoms. The van der Waals surface area contributed by atoms with Gasteiger partial charge in [-0.05, 0) is 60.7 Å². The van der Waals surface area contributed by atoms with Crippen LogP contribution in [0.2, 0.25) is 0 Å². The molecule has 3 N–H and O–H groups in total. The van der Waals surface area contributed by atoms with Gasteiger partial charge in [-0.15, -0.1) is 0 Å². The smallest absolute Gasteiger partial charge is 0.263 e. The molecule has 0 aliphatic heterocycles. The van der Waals surface area contributed by atoms with Gasteiger partial charge in [0.15, 0.2) is 11.6 Å². The van der Waals surface area contributed by atoms with Crippen LogP contribution in [-0.2, 0) is 10.0 Å². The van der Waals surface area contributed by atoms with Crippen LogP contribution in [0.3, 0.4) is 0 Å². The van der Waals surface area contributed by atoms with E-state index in [1.54, 1.807) is 42.5 Å². The molecule has 4 rings (SSSR count). The van der Waals surface area contributed by atoms with Crippen molar-refractivity contribution in [1.29, 1.82) is 0 Å². The van der Waals surface area contributed by atoms with Crippen molar-refractivity contribution in [2.45, 2.75) is 4.90 Å². The van der Waals surface area contributed by atoms with E-state index in [2.05, 4.69) is 35.9 Å². The summed E-state index contributed by atoms with van der Waals surface area (Å²) in [5.74, 6) is 0.436. The average Bonchev–Trinajstić information content (AvgIpc) is 2.70. The van der Waals surface area contributed by atoms with Crippen LogP contribution in [-0.4, -0.2) is 23.5 Å². The molecular formula is C20H15BrN4O3S. The zero-order chi connectivity index (χ0) is 20.4. The van der Waals surface area contributed by atoms with Gasteiger partial charge in [-0.3, -0.25) is 4.72 Å². The topological polar surface area (TPSA) is 104 Å². The van der Waals surface area contributed by atoms with E-state index in [1.807, 2.05) is 6.07 Å². The first-order valence-corrected chi connectivity index (χ1v) is 10.8. The summed E-state index contributed by atoms with van der Waals surface area (Å²) in [5.41, 5.74) is 1.79. The van der Waals surface area contributed by atoms with Crippen molar-refractivity contribution in [2.75, 3.05) is 10.0 Å². The van der Waals surface area contributed by atoms with Gasteiger partial charge < -0.3 is 10.4 Å². The second-order valence-electron chi connectivity index (χ2n) is 6.14. The van der Waals surface area contributed by atoms with Crippen LogP contribution in [0.25, 0.3) is 11.0 Å². The first kappa shape index (κ1) is 19.2. The minimum Gasteiger partial charge on any atom is -0.508 e. The number of aromatic nitrogens is 2. The molecular weight excluding hydrogens is 456 g/mol. The molecule has 0 amide bonds. The lowest BCUT2D eigenvalue weighted by Gasteiger charge is -2.14.